The third-order valence-corrected chi connectivity index (χ3v) is 3.29. The minimum atomic E-state index is 0.484. The zero-order valence-corrected chi connectivity index (χ0v) is 11.2. The van der Waals surface area contributed by atoms with Gasteiger partial charge in [-0.25, -0.2) is 4.98 Å². The topological polar surface area (TPSA) is 37.8 Å². The Hall–Kier alpha value is -1.26. The molecule has 17 heavy (non-hydrogen) atoms. The van der Waals surface area contributed by atoms with E-state index in [1.165, 1.54) is 5.56 Å². The molecule has 0 spiro atoms. The van der Waals surface area contributed by atoms with Crippen LogP contribution in [0, 0.1) is 6.92 Å². The van der Waals surface area contributed by atoms with Crippen LogP contribution >= 0.6 is 11.3 Å². The molecule has 0 aromatic carbocycles. The molecule has 90 valence electrons. The van der Waals surface area contributed by atoms with Gasteiger partial charge in [0.1, 0.15) is 5.01 Å². The van der Waals surface area contributed by atoms with Crippen molar-refractivity contribution in [3.8, 4) is 10.7 Å². The molecule has 0 saturated heterocycles. The number of nitrogens with zero attached hydrogens (tertiary/aromatic N) is 2. The third kappa shape index (κ3) is 3.35. The number of pyridine rings is 1. The first-order valence-corrected chi connectivity index (χ1v) is 6.64. The molecule has 0 amide bonds. The summed E-state index contributed by atoms with van der Waals surface area (Å²) in [5.41, 5.74) is 3.21. The Morgan fingerprint density at radius 3 is 2.82 bits per heavy atom. The number of aryl methyl sites for hydroxylation is 1. The maximum Gasteiger partial charge on any atom is 0.142 e. The second-order valence-electron chi connectivity index (χ2n) is 4.40. The van der Waals surface area contributed by atoms with Crippen LogP contribution < -0.4 is 5.32 Å². The lowest BCUT2D eigenvalue weighted by Gasteiger charge is -2.04. The van der Waals surface area contributed by atoms with E-state index in [1.54, 1.807) is 11.3 Å². The van der Waals surface area contributed by atoms with E-state index >= 15 is 0 Å². The molecule has 0 atom stereocenters. The molecule has 0 unspecified atom stereocenters. The van der Waals surface area contributed by atoms with Crippen LogP contribution in [0.2, 0.25) is 0 Å². The molecule has 2 rings (SSSR count). The van der Waals surface area contributed by atoms with Crippen LogP contribution in [-0.2, 0) is 6.54 Å². The van der Waals surface area contributed by atoms with E-state index in [1.807, 2.05) is 19.2 Å². The van der Waals surface area contributed by atoms with Crippen molar-refractivity contribution in [3.05, 3.63) is 35.0 Å². The summed E-state index contributed by atoms with van der Waals surface area (Å²) in [5, 5.41) is 6.44. The minimum Gasteiger partial charge on any atom is -0.309 e. The predicted molar refractivity (Wildman–Crippen MR) is 72.1 cm³/mol. The van der Waals surface area contributed by atoms with Crippen molar-refractivity contribution in [2.45, 2.75) is 33.4 Å². The van der Waals surface area contributed by atoms with Gasteiger partial charge in [0.2, 0.25) is 0 Å². The van der Waals surface area contributed by atoms with Crippen molar-refractivity contribution >= 4 is 11.3 Å². The Balaban J connectivity index is 2.10. The summed E-state index contributed by atoms with van der Waals surface area (Å²) in [5.74, 6) is 0. The lowest BCUT2D eigenvalue weighted by Crippen LogP contribution is -2.21. The maximum absolute atomic E-state index is 4.58. The summed E-state index contributed by atoms with van der Waals surface area (Å²) < 4.78 is 0. The van der Waals surface area contributed by atoms with Crippen molar-refractivity contribution < 1.29 is 0 Å². The summed E-state index contributed by atoms with van der Waals surface area (Å²) >= 11 is 1.65. The highest BCUT2D eigenvalue weighted by molar-refractivity contribution is 7.13. The first-order chi connectivity index (χ1) is 8.15. The Bertz CT molecular complexity index is 474. The van der Waals surface area contributed by atoms with Crippen LogP contribution in [0.1, 0.15) is 25.1 Å². The van der Waals surface area contributed by atoms with E-state index in [-0.39, 0.29) is 0 Å². The van der Waals surface area contributed by atoms with E-state index < -0.39 is 0 Å². The Morgan fingerprint density at radius 2 is 2.18 bits per heavy atom. The molecular formula is C13H17N3S. The average Bonchev–Trinajstić information content (AvgIpc) is 2.76. The van der Waals surface area contributed by atoms with Gasteiger partial charge in [0.25, 0.3) is 0 Å². The smallest absolute Gasteiger partial charge is 0.142 e. The number of nitrogens with one attached hydrogen (secondary N) is 1. The van der Waals surface area contributed by atoms with Crippen molar-refractivity contribution in [3.63, 3.8) is 0 Å². The number of rotatable bonds is 4. The second-order valence-corrected chi connectivity index (χ2v) is 5.26. The second kappa shape index (κ2) is 5.38. The quantitative estimate of drug-likeness (QED) is 0.902. The maximum atomic E-state index is 4.58. The molecule has 4 heteroatoms. The van der Waals surface area contributed by atoms with Gasteiger partial charge >= 0.3 is 0 Å². The fourth-order valence-electron chi connectivity index (χ4n) is 1.41. The van der Waals surface area contributed by atoms with Crippen molar-refractivity contribution in [2.24, 2.45) is 0 Å². The Kier molecular flexibility index (Phi) is 3.86. The fraction of sp³-hybridized carbons (Fsp3) is 0.385. The summed E-state index contributed by atoms with van der Waals surface area (Å²) in [6.45, 7) is 7.13. The zero-order valence-electron chi connectivity index (χ0n) is 10.4. The van der Waals surface area contributed by atoms with E-state index in [4.69, 9.17) is 0 Å². The zero-order chi connectivity index (χ0) is 12.3. The number of hydrogen-bond donors (Lipinski definition) is 1. The van der Waals surface area contributed by atoms with Crippen LogP contribution in [0.4, 0.5) is 0 Å². The van der Waals surface area contributed by atoms with Gasteiger partial charge in [-0.15, -0.1) is 11.3 Å². The number of hydrogen-bond acceptors (Lipinski definition) is 4. The highest BCUT2D eigenvalue weighted by atomic mass is 32.1. The lowest BCUT2D eigenvalue weighted by atomic mass is 10.3. The molecule has 0 aliphatic rings. The van der Waals surface area contributed by atoms with Gasteiger partial charge in [0.15, 0.2) is 0 Å². The molecule has 0 radical (unpaired) electrons. The van der Waals surface area contributed by atoms with Gasteiger partial charge < -0.3 is 5.32 Å². The number of thiazole rings is 1. The lowest BCUT2D eigenvalue weighted by molar-refractivity contribution is 0.583. The van der Waals surface area contributed by atoms with Crippen LogP contribution in [0.25, 0.3) is 10.7 Å². The molecule has 3 nitrogen and oxygen atoms in total. The monoisotopic (exact) mass is 247 g/mol. The van der Waals surface area contributed by atoms with Gasteiger partial charge in [0, 0.05) is 24.2 Å². The number of aromatic nitrogens is 2. The van der Waals surface area contributed by atoms with E-state index in [0.717, 1.165) is 22.9 Å². The summed E-state index contributed by atoms with van der Waals surface area (Å²) in [4.78, 5) is 8.96. The summed E-state index contributed by atoms with van der Waals surface area (Å²) in [6.07, 6.45) is 1.88. The van der Waals surface area contributed by atoms with Gasteiger partial charge in [-0.05, 0) is 18.6 Å². The van der Waals surface area contributed by atoms with E-state index in [9.17, 15) is 0 Å². The molecule has 2 aromatic rings. The van der Waals surface area contributed by atoms with Crippen molar-refractivity contribution in [2.75, 3.05) is 0 Å². The van der Waals surface area contributed by atoms with Gasteiger partial charge in [-0.3, -0.25) is 4.98 Å². The molecule has 1 N–H and O–H groups in total. The molecule has 0 aliphatic carbocycles. The van der Waals surface area contributed by atoms with Crippen LogP contribution in [-0.4, -0.2) is 16.0 Å². The third-order valence-electron chi connectivity index (χ3n) is 2.37. The molecule has 0 aliphatic heterocycles. The largest absolute Gasteiger partial charge is 0.309 e. The van der Waals surface area contributed by atoms with E-state index in [0.29, 0.717) is 6.04 Å². The summed E-state index contributed by atoms with van der Waals surface area (Å²) in [7, 11) is 0. The van der Waals surface area contributed by atoms with Gasteiger partial charge in [-0.2, -0.15) is 0 Å². The first-order valence-electron chi connectivity index (χ1n) is 5.76. The minimum absolute atomic E-state index is 0.484. The summed E-state index contributed by atoms with van der Waals surface area (Å²) in [6, 6.07) is 4.57. The standard InChI is InChI=1S/C13H17N3S/c1-9(2)14-7-11-8-17-13(16-11)12-5-4-10(3)6-15-12/h4-6,8-9,14H,7H2,1-3H3. The average molecular weight is 247 g/mol. The predicted octanol–water partition coefficient (Wildman–Crippen LogP) is 3.01. The van der Waals surface area contributed by atoms with Gasteiger partial charge in [0.05, 0.1) is 11.4 Å². The highest BCUT2D eigenvalue weighted by Gasteiger charge is 2.05. The highest BCUT2D eigenvalue weighted by Crippen LogP contribution is 2.21. The molecule has 2 aromatic heterocycles. The van der Waals surface area contributed by atoms with E-state index in [2.05, 4.69) is 40.6 Å². The molecule has 0 fully saturated rings. The van der Waals surface area contributed by atoms with Crippen molar-refractivity contribution in [1.82, 2.24) is 15.3 Å². The van der Waals surface area contributed by atoms with Crippen LogP contribution in [0.15, 0.2) is 23.7 Å². The normalized spacial score (nSPS) is 11.1. The Labute approximate surface area is 106 Å². The van der Waals surface area contributed by atoms with Crippen LogP contribution in [0.5, 0.6) is 0 Å². The fourth-order valence-corrected chi connectivity index (χ4v) is 2.20. The Morgan fingerprint density at radius 1 is 1.35 bits per heavy atom. The van der Waals surface area contributed by atoms with Crippen molar-refractivity contribution in [1.29, 1.82) is 0 Å². The molecular weight excluding hydrogens is 230 g/mol. The van der Waals surface area contributed by atoms with Crippen LogP contribution in [0.3, 0.4) is 0 Å². The molecule has 0 bridgehead atoms. The first kappa shape index (κ1) is 12.2. The SMILES string of the molecule is Cc1ccc(-c2nc(CNC(C)C)cs2)nc1. The molecule has 2 heterocycles. The molecule has 0 saturated carbocycles. The van der Waals surface area contributed by atoms with Gasteiger partial charge in [-0.1, -0.05) is 19.9 Å².